The van der Waals surface area contributed by atoms with Crippen LogP contribution in [0, 0.1) is 16.2 Å². The van der Waals surface area contributed by atoms with E-state index in [-0.39, 0.29) is 0 Å². The van der Waals surface area contributed by atoms with Gasteiger partial charge in [-0.25, -0.2) is 0 Å². The van der Waals surface area contributed by atoms with Gasteiger partial charge in [0.15, 0.2) is 0 Å². The van der Waals surface area contributed by atoms with Gasteiger partial charge in [0.1, 0.15) is 0 Å². The lowest BCUT2D eigenvalue weighted by molar-refractivity contribution is 0.0391. The molecule has 0 aliphatic heterocycles. The molecule has 0 atom stereocenters. The predicted octanol–water partition coefficient (Wildman–Crippen LogP) is 5.67. The molecule has 0 nitrogen and oxygen atoms in total. The Balaban J connectivity index is 4.76. The topological polar surface area (TPSA) is 0 Å². The highest BCUT2D eigenvalue weighted by Crippen LogP contribution is 2.50. The normalized spacial score (nSPS) is 14.4. The van der Waals surface area contributed by atoms with Gasteiger partial charge in [-0.05, 0) is 22.7 Å². The van der Waals surface area contributed by atoms with Gasteiger partial charge in [-0.2, -0.15) is 0 Å². The first-order chi connectivity index (χ1) is 6.64. The fourth-order valence-electron chi connectivity index (χ4n) is 2.28. The molecule has 0 unspecified atom stereocenters. The minimum atomic E-state index is 0.433. The van der Waals surface area contributed by atoms with Crippen molar-refractivity contribution >= 4 is 0 Å². The summed E-state index contributed by atoms with van der Waals surface area (Å²) in [5, 5.41) is 0. The maximum Gasteiger partial charge on any atom is -0.0298 e. The highest BCUT2D eigenvalue weighted by Gasteiger charge is 2.39. The Labute approximate surface area is 97.8 Å². The second kappa shape index (κ2) is 4.89. The van der Waals surface area contributed by atoms with E-state index in [1.165, 1.54) is 25.7 Å². The summed E-state index contributed by atoms with van der Waals surface area (Å²) in [6.07, 6.45) is 5.21. The average molecular weight is 212 g/mol. The molecule has 0 saturated carbocycles. The molecule has 0 spiro atoms. The van der Waals surface area contributed by atoms with E-state index >= 15 is 0 Å². The van der Waals surface area contributed by atoms with Gasteiger partial charge >= 0.3 is 0 Å². The van der Waals surface area contributed by atoms with Crippen LogP contribution in [0.1, 0.15) is 81.1 Å². The lowest BCUT2D eigenvalue weighted by Crippen LogP contribution is -2.36. The molecular weight excluding hydrogens is 180 g/mol. The van der Waals surface area contributed by atoms with Crippen LogP contribution in [-0.2, 0) is 0 Å². The van der Waals surface area contributed by atoms with Crippen LogP contribution >= 0.6 is 0 Å². The monoisotopic (exact) mass is 212 g/mol. The summed E-state index contributed by atoms with van der Waals surface area (Å²) in [5.41, 5.74) is 1.40. The molecule has 0 aliphatic carbocycles. The maximum atomic E-state index is 2.44. The zero-order chi connectivity index (χ0) is 12.3. The van der Waals surface area contributed by atoms with Gasteiger partial charge in [0.25, 0.3) is 0 Å². The summed E-state index contributed by atoms with van der Waals surface area (Å²) in [5.74, 6) is 0. The fourth-order valence-corrected chi connectivity index (χ4v) is 2.28. The van der Waals surface area contributed by atoms with E-state index in [1.807, 2.05) is 0 Å². The molecule has 0 heterocycles. The smallest absolute Gasteiger partial charge is 0.0298 e. The summed E-state index contributed by atoms with van der Waals surface area (Å²) in [7, 11) is 0. The summed E-state index contributed by atoms with van der Waals surface area (Å²) in [6.45, 7) is 19.1. The summed E-state index contributed by atoms with van der Waals surface area (Å²) in [4.78, 5) is 0. The van der Waals surface area contributed by atoms with Crippen LogP contribution in [0.3, 0.4) is 0 Å². The molecule has 92 valence electrons. The lowest BCUT2D eigenvalue weighted by Gasteiger charge is -2.46. The SMILES string of the molecule is CCC(C)(CC)CC(C)(C)C(C)(C)CC. The van der Waals surface area contributed by atoms with Crippen LogP contribution < -0.4 is 0 Å². The van der Waals surface area contributed by atoms with Gasteiger partial charge in [-0.15, -0.1) is 0 Å². The molecule has 0 fully saturated rings. The highest BCUT2D eigenvalue weighted by molar-refractivity contribution is 4.90. The zero-order valence-electron chi connectivity index (χ0n) is 12.3. The van der Waals surface area contributed by atoms with E-state index in [9.17, 15) is 0 Å². The van der Waals surface area contributed by atoms with Crippen molar-refractivity contribution in [2.75, 3.05) is 0 Å². The fraction of sp³-hybridized carbons (Fsp3) is 1.00. The van der Waals surface area contributed by atoms with Crippen molar-refractivity contribution in [3.63, 3.8) is 0 Å². The van der Waals surface area contributed by atoms with Crippen LogP contribution in [0.25, 0.3) is 0 Å². The number of hydrogen-bond acceptors (Lipinski definition) is 0. The summed E-state index contributed by atoms with van der Waals surface area (Å²) < 4.78 is 0. The second-order valence-corrected chi connectivity index (χ2v) is 6.82. The predicted molar refractivity (Wildman–Crippen MR) is 71.2 cm³/mol. The van der Waals surface area contributed by atoms with Gasteiger partial charge in [-0.3, -0.25) is 0 Å². The van der Waals surface area contributed by atoms with Crippen molar-refractivity contribution in [3.8, 4) is 0 Å². The molecule has 0 saturated heterocycles. The molecule has 0 amide bonds. The van der Waals surface area contributed by atoms with Gasteiger partial charge < -0.3 is 0 Å². The molecule has 0 rings (SSSR count). The van der Waals surface area contributed by atoms with E-state index in [1.54, 1.807) is 0 Å². The Kier molecular flexibility index (Phi) is 4.89. The molecule has 0 aromatic heterocycles. The molecule has 0 aromatic carbocycles. The number of rotatable bonds is 6. The molecule has 0 N–H and O–H groups in total. The molecule has 15 heavy (non-hydrogen) atoms. The summed E-state index contributed by atoms with van der Waals surface area (Å²) in [6, 6.07) is 0. The standard InChI is InChI=1S/C15H32/c1-9-13(4,5)14(6,7)12-15(8,10-2)11-3/h9-12H2,1-8H3. The Morgan fingerprint density at radius 2 is 1.00 bits per heavy atom. The number of hydrogen-bond donors (Lipinski definition) is 0. The molecule has 0 radical (unpaired) electrons. The van der Waals surface area contributed by atoms with Crippen LogP contribution in [0.15, 0.2) is 0 Å². The van der Waals surface area contributed by atoms with Crippen molar-refractivity contribution < 1.29 is 0 Å². The second-order valence-electron chi connectivity index (χ2n) is 6.82. The van der Waals surface area contributed by atoms with Gasteiger partial charge in [-0.1, -0.05) is 74.7 Å². The first-order valence-electron chi connectivity index (χ1n) is 6.64. The first-order valence-corrected chi connectivity index (χ1v) is 6.64. The van der Waals surface area contributed by atoms with Crippen LogP contribution in [0.4, 0.5) is 0 Å². The van der Waals surface area contributed by atoms with E-state index in [4.69, 9.17) is 0 Å². The third-order valence-corrected chi connectivity index (χ3v) is 5.29. The van der Waals surface area contributed by atoms with Gasteiger partial charge in [0.05, 0.1) is 0 Å². The molecule has 0 heteroatoms. The van der Waals surface area contributed by atoms with Gasteiger partial charge in [0, 0.05) is 0 Å². The molecule has 0 bridgehead atoms. The van der Waals surface area contributed by atoms with Crippen molar-refractivity contribution in [3.05, 3.63) is 0 Å². The Bertz CT molecular complexity index is 182. The Hall–Kier alpha value is 0. The molecular formula is C15H32. The minimum Gasteiger partial charge on any atom is -0.0649 e. The van der Waals surface area contributed by atoms with Gasteiger partial charge in [0.2, 0.25) is 0 Å². The van der Waals surface area contributed by atoms with Crippen molar-refractivity contribution in [2.24, 2.45) is 16.2 Å². The van der Waals surface area contributed by atoms with Crippen molar-refractivity contribution in [2.45, 2.75) is 81.1 Å². The van der Waals surface area contributed by atoms with Crippen LogP contribution in [-0.4, -0.2) is 0 Å². The Morgan fingerprint density at radius 1 is 0.600 bits per heavy atom. The average Bonchev–Trinajstić information content (AvgIpc) is 2.16. The van der Waals surface area contributed by atoms with Crippen LogP contribution in [0.2, 0.25) is 0 Å². The van der Waals surface area contributed by atoms with E-state index in [0.29, 0.717) is 16.2 Å². The van der Waals surface area contributed by atoms with E-state index in [0.717, 1.165) is 0 Å². The van der Waals surface area contributed by atoms with Crippen molar-refractivity contribution in [1.82, 2.24) is 0 Å². The third kappa shape index (κ3) is 3.50. The molecule has 0 aliphatic rings. The van der Waals surface area contributed by atoms with E-state index < -0.39 is 0 Å². The van der Waals surface area contributed by atoms with E-state index in [2.05, 4.69) is 55.4 Å². The highest BCUT2D eigenvalue weighted by atomic mass is 14.4. The quantitative estimate of drug-likeness (QED) is 0.532. The first kappa shape index (κ1) is 15.0. The molecule has 0 aromatic rings. The largest absolute Gasteiger partial charge is 0.0649 e. The Morgan fingerprint density at radius 3 is 1.27 bits per heavy atom. The minimum absolute atomic E-state index is 0.433. The van der Waals surface area contributed by atoms with Crippen molar-refractivity contribution in [1.29, 1.82) is 0 Å². The third-order valence-electron chi connectivity index (χ3n) is 5.29. The van der Waals surface area contributed by atoms with Crippen LogP contribution in [0.5, 0.6) is 0 Å². The maximum absolute atomic E-state index is 2.44. The zero-order valence-corrected chi connectivity index (χ0v) is 12.3. The lowest BCUT2D eigenvalue weighted by atomic mass is 9.59. The summed E-state index contributed by atoms with van der Waals surface area (Å²) >= 11 is 0.